The number of guanidine groups is 1. The first-order valence-corrected chi connectivity index (χ1v) is 9.81. The van der Waals surface area contributed by atoms with Crippen molar-refractivity contribution in [3.05, 3.63) is 22.4 Å². The molecule has 1 fully saturated rings. The number of ether oxygens (including phenoxy) is 1. The van der Waals surface area contributed by atoms with E-state index in [2.05, 4.69) is 53.9 Å². The number of nitrogens with one attached hydrogen (secondary N) is 2. The van der Waals surface area contributed by atoms with E-state index in [1.54, 1.807) is 7.11 Å². The first-order valence-electron chi connectivity index (χ1n) is 8.93. The average molecular weight is 353 g/mol. The lowest BCUT2D eigenvalue weighted by Crippen LogP contribution is -2.44. The van der Waals surface area contributed by atoms with Crippen LogP contribution in [0.1, 0.15) is 37.6 Å². The molecule has 1 aliphatic rings. The molecule has 2 heterocycles. The molecule has 1 aliphatic heterocycles. The van der Waals surface area contributed by atoms with Crippen molar-refractivity contribution in [1.82, 2.24) is 15.5 Å². The first-order chi connectivity index (χ1) is 11.7. The Labute approximate surface area is 150 Å². The molecule has 0 saturated carbocycles. The van der Waals surface area contributed by atoms with Gasteiger partial charge in [0, 0.05) is 37.2 Å². The monoisotopic (exact) mass is 352 g/mol. The second kappa shape index (κ2) is 10.0. The van der Waals surface area contributed by atoms with Crippen molar-refractivity contribution >= 4 is 17.3 Å². The van der Waals surface area contributed by atoms with Crippen molar-refractivity contribution in [3.8, 4) is 0 Å². The summed E-state index contributed by atoms with van der Waals surface area (Å²) in [5, 5.41) is 8.94. The SMILES string of the molecule is CCNC(=NCC1CCCN(C)C1c1cccs1)NC(C)COC. The van der Waals surface area contributed by atoms with Gasteiger partial charge >= 0.3 is 0 Å². The molecule has 0 spiro atoms. The van der Waals surface area contributed by atoms with Gasteiger partial charge in [0.2, 0.25) is 0 Å². The number of hydrogen-bond acceptors (Lipinski definition) is 4. The van der Waals surface area contributed by atoms with Crippen LogP contribution in [0.2, 0.25) is 0 Å². The fourth-order valence-corrected chi connectivity index (χ4v) is 4.40. The highest BCUT2D eigenvalue weighted by atomic mass is 32.1. The van der Waals surface area contributed by atoms with E-state index >= 15 is 0 Å². The summed E-state index contributed by atoms with van der Waals surface area (Å²) in [6.45, 7) is 7.77. The van der Waals surface area contributed by atoms with Crippen LogP contribution < -0.4 is 10.6 Å². The van der Waals surface area contributed by atoms with E-state index in [9.17, 15) is 0 Å². The quantitative estimate of drug-likeness (QED) is 0.585. The molecule has 1 aromatic rings. The Morgan fingerprint density at radius 3 is 3.04 bits per heavy atom. The highest BCUT2D eigenvalue weighted by Crippen LogP contribution is 2.37. The molecular weight excluding hydrogens is 320 g/mol. The molecular formula is C18H32N4OS. The number of piperidine rings is 1. The van der Waals surface area contributed by atoms with Gasteiger partial charge in [-0.3, -0.25) is 9.89 Å². The number of likely N-dealkylation sites (tertiary alicyclic amines) is 1. The minimum Gasteiger partial charge on any atom is -0.383 e. The van der Waals surface area contributed by atoms with Crippen LogP contribution >= 0.6 is 11.3 Å². The molecule has 0 aliphatic carbocycles. The van der Waals surface area contributed by atoms with Crippen molar-refractivity contribution in [2.24, 2.45) is 10.9 Å². The van der Waals surface area contributed by atoms with Crippen molar-refractivity contribution < 1.29 is 4.74 Å². The maximum Gasteiger partial charge on any atom is 0.191 e. The lowest BCUT2D eigenvalue weighted by Gasteiger charge is -2.38. The van der Waals surface area contributed by atoms with Crippen LogP contribution in [0.4, 0.5) is 0 Å². The molecule has 3 atom stereocenters. The Hall–Kier alpha value is -1.11. The Morgan fingerprint density at radius 1 is 1.54 bits per heavy atom. The molecule has 136 valence electrons. The molecule has 0 radical (unpaired) electrons. The summed E-state index contributed by atoms with van der Waals surface area (Å²) < 4.78 is 5.21. The largest absolute Gasteiger partial charge is 0.383 e. The zero-order chi connectivity index (χ0) is 17.4. The van der Waals surface area contributed by atoms with E-state index in [4.69, 9.17) is 9.73 Å². The van der Waals surface area contributed by atoms with Crippen LogP contribution in [0.5, 0.6) is 0 Å². The van der Waals surface area contributed by atoms with Crippen molar-refractivity contribution in [2.45, 2.75) is 38.8 Å². The van der Waals surface area contributed by atoms with Crippen LogP contribution in [-0.2, 0) is 4.74 Å². The molecule has 3 unspecified atom stereocenters. The minimum absolute atomic E-state index is 0.245. The van der Waals surface area contributed by atoms with Gasteiger partial charge in [-0.2, -0.15) is 0 Å². The lowest BCUT2D eigenvalue weighted by atomic mass is 9.88. The second-order valence-electron chi connectivity index (χ2n) is 6.56. The topological polar surface area (TPSA) is 48.9 Å². The predicted molar refractivity (Wildman–Crippen MR) is 103 cm³/mol. The Bertz CT molecular complexity index is 491. The third kappa shape index (κ3) is 5.46. The standard InChI is InChI=1S/C18H32N4OS/c1-5-19-18(21-14(2)13-23-4)20-12-15-8-6-10-22(3)17(15)16-9-7-11-24-16/h7,9,11,14-15,17H,5-6,8,10,12-13H2,1-4H3,(H2,19,20,21). The molecule has 2 rings (SSSR count). The van der Waals surface area contributed by atoms with Crippen LogP contribution in [-0.4, -0.2) is 57.3 Å². The summed E-state index contributed by atoms with van der Waals surface area (Å²) in [4.78, 5) is 8.82. The first kappa shape index (κ1) is 19.2. The van der Waals surface area contributed by atoms with E-state index in [1.165, 1.54) is 24.3 Å². The summed E-state index contributed by atoms with van der Waals surface area (Å²) in [5.41, 5.74) is 0. The summed E-state index contributed by atoms with van der Waals surface area (Å²) in [6, 6.07) is 5.15. The van der Waals surface area contributed by atoms with Gasteiger partial charge in [-0.15, -0.1) is 11.3 Å². The Morgan fingerprint density at radius 2 is 2.38 bits per heavy atom. The maximum atomic E-state index is 5.21. The normalized spacial score (nSPS) is 23.9. The summed E-state index contributed by atoms with van der Waals surface area (Å²) in [5.74, 6) is 1.45. The number of methoxy groups -OCH3 is 1. The van der Waals surface area contributed by atoms with Crippen LogP contribution in [0.25, 0.3) is 0 Å². The van der Waals surface area contributed by atoms with Crippen LogP contribution in [0.15, 0.2) is 22.5 Å². The molecule has 5 nitrogen and oxygen atoms in total. The smallest absolute Gasteiger partial charge is 0.191 e. The minimum atomic E-state index is 0.245. The van der Waals surface area contributed by atoms with E-state index in [0.717, 1.165) is 19.0 Å². The van der Waals surface area contributed by atoms with E-state index in [0.29, 0.717) is 18.6 Å². The maximum absolute atomic E-state index is 5.21. The van der Waals surface area contributed by atoms with E-state index < -0.39 is 0 Å². The number of hydrogen-bond donors (Lipinski definition) is 2. The molecule has 1 saturated heterocycles. The van der Waals surface area contributed by atoms with Gasteiger partial charge in [-0.1, -0.05) is 6.07 Å². The number of thiophene rings is 1. The fraction of sp³-hybridized carbons (Fsp3) is 0.722. The molecule has 0 aromatic carbocycles. The van der Waals surface area contributed by atoms with Crippen molar-refractivity contribution in [1.29, 1.82) is 0 Å². The average Bonchev–Trinajstić information content (AvgIpc) is 3.07. The number of nitrogens with zero attached hydrogens (tertiary/aromatic N) is 2. The van der Waals surface area contributed by atoms with Crippen LogP contribution in [0.3, 0.4) is 0 Å². The third-order valence-corrected chi connectivity index (χ3v) is 5.41. The van der Waals surface area contributed by atoms with Gasteiger partial charge in [-0.25, -0.2) is 0 Å². The molecule has 1 aromatic heterocycles. The van der Waals surface area contributed by atoms with Gasteiger partial charge in [0.1, 0.15) is 0 Å². The van der Waals surface area contributed by atoms with Gasteiger partial charge in [0.15, 0.2) is 5.96 Å². The predicted octanol–water partition coefficient (Wildman–Crippen LogP) is 2.72. The third-order valence-electron chi connectivity index (χ3n) is 4.47. The lowest BCUT2D eigenvalue weighted by molar-refractivity contribution is 0.128. The van der Waals surface area contributed by atoms with E-state index in [-0.39, 0.29) is 6.04 Å². The summed E-state index contributed by atoms with van der Waals surface area (Å²) in [6.07, 6.45) is 2.49. The van der Waals surface area contributed by atoms with E-state index in [1.807, 2.05) is 11.3 Å². The highest BCUT2D eigenvalue weighted by Gasteiger charge is 2.31. The highest BCUT2D eigenvalue weighted by molar-refractivity contribution is 7.10. The Kier molecular flexibility index (Phi) is 8.02. The summed E-state index contributed by atoms with van der Waals surface area (Å²) in [7, 11) is 3.97. The summed E-state index contributed by atoms with van der Waals surface area (Å²) >= 11 is 1.86. The van der Waals surface area contributed by atoms with Gasteiger partial charge in [0.25, 0.3) is 0 Å². The Balaban J connectivity index is 2.04. The van der Waals surface area contributed by atoms with Gasteiger partial charge < -0.3 is 15.4 Å². The number of aliphatic imine (C=N–C) groups is 1. The van der Waals surface area contributed by atoms with Crippen molar-refractivity contribution in [2.75, 3.05) is 40.4 Å². The van der Waals surface area contributed by atoms with Crippen LogP contribution in [0, 0.1) is 5.92 Å². The van der Waals surface area contributed by atoms with Crippen molar-refractivity contribution in [3.63, 3.8) is 0 Å². The molecule has 0 bridgehead atoms. The van der Waals surface area contributed by atoms with Gasteiger partial charge in [-0.05, 0) is 57.6 Å². The fourth-order valence-electron chi connectivity index (χ4n) is 3.41. The van der Waals surface area contributed by atoms with Gasteiger partial charge in [0.05, 0.1) is 6.61 Å². The molecule has 24 heavy (non-hydrogen) atoms. The second-order valence-corrected chi connectivity index (χ2v) is 7.54. The molecule has 0 amide bonds. The molecule has 2 N–H and O–H groups in total. The zero-order valence-electron chi connectivity index (χ0n) is 15.4. The number of rotatable bonds is 7. The molecule has 6 heteroatoms. The zero-order valence-corrected chi connectivity index (χ0v) is 16.2.